The van der Waals surface area contributed by atoms with E-state index in [-0.39, 0.29) is 15.7 Å². The zero-order chi connectivity index (χ0) is 19.6. The highest BCUT2D eigenvalue weighted by Crippen LogP contribution is 2.24. The number of Topliss-reactive ketones (excluding diaryl/α,β-unsaturated/α-hetero) is 1. The lowest BCUT2D eigenvalue weighted by molar-refractivity contribution is 0.101. The second-order valence-corrected chi connectivity index (χ2v) is 8.38. The molecular weight excluding hydrogens is 411 g/mol. The summed E-state index contributed by atoms with van der Waals surface area (Å²) in [5.74, 6) is -1.07. The van der Waals surface area contributed by atoms with Crippen molar-refractivity contribution in [2.24, 2.45) is 0 Å². The number of hydrogen-bond donors (Lipinski definition) is 0. The number of methoxy groups -OCH3 is 1. The van der Waals surface area contributed by atoms with Crippen LogP contribution in [0.15, 0.2) is 59.8 Å². The SMILES string of the molecule is COc1cccc(S(=O)(=O)CC(=O)c2ncn(-c3ccc(Cl)cc3)c2Cl)c1. The third kappa shape index (κ3) is 4.16. The van der Waals surface area contributed by atoms with Crippen molar-refractivity contribution < 1.29 is 17.9 Å². The Labute approximate surface area is 166 Å². The monoisotopic (exact) mass is 424 g/mol. The summed E-state index contributed by atoms with van der Waals surface area (Å²) >= 11 is 12.1. The summed E-state index contributed by atoms with van der Waals surface area (Å²) < 4.78 is 31.6. The lowest BCUT2D eigenvalue weighted by Gasteiger charge is -2.06. The Kier molecular flexibility index (Phi) is 5.55. The minimum Gasteiger partial charge on any atom is -0.497 e. The van der Waals surface area contributed by atoms with Gasteiger partial charge in [-0.25, -0.2) is 13.4 Å². The van der Waals surface area contributed by atoms with Gasteiger partial charge in [-0.3, -0.25) is 9.36 Å². The molecule has 2 aromatic carbocycles. The highest BCUT2D eigenvalue weighted by atomic mass is 35.5. The highest BCUT2D eigenvalue weighted by Gasteiger charge is 2.25. The van der Waals surface area contributed by atoms with Gasteiger partial charge in [-0.1, -0.05) is 29.3 Å². The zero-order valence-electron chi connectivity index (χ0n) is 14.1. The summed E-state index contributed by atoms with van der Waals surface area (Å²) in [7, 11) is -2.44. The Bertz CT molecular complexity index is 1090. The second-order valence-electron chi connectivity index (χ2n) is 5.59. The quantitative estimate of drug-likeness (QED) is 0.561. The van der Waals surface area contributed by atoms with Crippen LogP contribution in [0.25, 0.3) is 5.69 Å². The number of ketones is 1. The number of sulfone groups is 1. The third-order valence-corrected chi connectivity index (χ3v) is 6.03. The first-order chi connectivity index (χ1) is 12.8. The van der Waals surface area contributed by atoms with E-state index in [0.29, 0.717) is 16.5 Å². The Morgan fingerprint density at radius 3 is 2.52 bits per heavy atom. The van der Waals surface area contributed by atoms with E-state index in [2.05, 4.69) is 4.98 Å². The molecule has 9 heteroatoms. The summed E-state index contributed by atoms with van der Waals surface area (Å²) in [6.07, 6.45) is 1.36. The molecule has 0 spiro atoms. The number of aromatic nitrogens is 2. The van der Waals surface area contributed by atoms with E-state index >= 15 is 0 Å². The van der Waals surface area contributed by atoms with Gasteiger partial charge in [0, 0.05) is 10.7 Å². The summed E-state index contributed by atoms with van der Waals surface area (Å²) in [5.41, 5.74) is 0.532. The topological polar surface area (TPSA) is 78.3 Å². The average molecular weight is 425 g/mol. The third-order valence-electron chi connectivity index (χ3n) is 3.80. The molecule has 1 aromatic heterocycles. The fourth-order valence-electron chi connectivity index (χ4n) is 2.42. The normalized spacial score (nSPS) is 11.4. The van der Waals surface area contributed by atoms with Gasteiger partial charge in [-0.05, 0) is 42.5 Å². The molecule has 0 fully saturated rings. The van der Waals surface area contributed by atoms with Crippen LogP contribution in [-0.4, -0.2) is 36.6 Å². The smallest absolute Gasteiger partial charge is 0.199 e. The molecule has 0 bridgehead atoms. The first-order valence-corrected chi connectivity index (χ1v) is 10.1. The van der Waals surface area contributed by atoms with E-state index in [4.69, 9.17) is 27.9 Å². The summed E-state index contributed by atoms with van der Waals surface area (Å²) in [6.45, 7) is 0. The maximum atomic E-state index is 12.5. The van der Waals surface area contributed by atoms with Crippen LogP contribution in [0.4, 0.5) is 0 Å². The fourth-order valence-corrected chi connectivity index (χ4v) is 4.07. The minimum absolute atomic E-state index is 0.0107. The van der Waals surface area contributed by atoms with Crippen LogP contribution < -0.4 is 4.74 Å². The van der Waals surface area contributed by atoms with Crippen LogP contribution in [-0.2, 0) is 9.84 Å². The van der Waals surface area contributed by atoms with Gasteiger partial charge in [0.25, 0.3) is 0 Å². The van der Waals surface area contributed by atoms with Crippen LogP contribution in [0.5, 0.6) is 5.75 Å². The van der Waals surface area contributed by atoms with Gasteiger partial charge in [0.05, 0.1) is 12.0 Å². The first kappa shape index (κ1) is 19.4. The summed E-state index contributed by atoms with van der Waals surface area (Å²) in [5, 5.41) is 0.582. The van der Waals surface area contributed by atoms with E-state index in [1.807, 2.05) is 0 Å². The molecule has 0 amide bonds. The molecule has 0 aliphatic heterocycles. The van der Waals surface area contributed by atoms with Crippen molar-refractivity contribution in [3.05, 3.63) is 70.7 Å². The number of carbonyl (C=O) groups excluding carboxylic acids is 1. The molecule has 140 valence electrons. The lowest BCUT2D eigenvalue weighted by Crippen LogP contribution is -2.17. The molecule has 0 saturated carbocycles. The summed E-state index contributed by atoms with van der Waals surface area (Å²) in [6, 6.07) is 12.7. The van der Waals surface area contributed by atoms with Crippen molar-refractivity contribution in [2.75, 3.05) is 12.9 Å². The van der Waals surface area contributed by atoms with Crippen molar-refractivity contribution in [1.82, 2.24) is 9.55 Å². The predicted octanol–water partition coefficient (Wildman–Crippen LogP) is 3.84. The number of benzene rings is 2. The Balaban J connectivity index is 1.87. The van der Waals surface area contributed by atoms with E-state index in [1.165, 1.54) is 30.1 Å². The van der Waals surface area contributed by atoms with E-state index in [1.54, 1.807) is 36.4 Å². The molecule has 0 unspecified atom stereocenters. The fraction of sp³-hybridized carbons (Fsp3) is 0.111. The Morgan fingerprint density at radius 1 is 1.15 bits per heavy atom. The average Bonchev–Trinajstić information content (AvgIpc) is 3.03. The molecule has 1 heterocycles. The van der Waals surface area contributed by atoms with Crippen molar-refractivity contribution in [3.8, 4) is 11.4 Å². The first-order valence-electron chi connectivity index (χ1n) is 7.70. The number of nitrogens with zero attached hydrogens (tertiary/aromatic N) is 2. The zero-order valence-corrected chi connectivity index (χ0v) is 16.4. The van der Waals surface area contributed by atoms with Crippen molar-refractivity contribution in [1.29, 1.82) is 0 Å². The van der Waals surface area contributed by atoms with Crippen LogP contribution >= 0.6 is 23.2 Å². The molecule has 0 aliphatic carbocycles. The van der Waals surface area contributed by atoms with Gasteiger partial charge < -0.3 is 4.74 Å². The Morgan fingerprint density at radius 2 is 1.85 bits per heavy atom. The predicted molar refractivity (Wildman–Crippen MR) is 103 cm³/mol. The number of hydrogen-bond acceptors (Lipinski definition) is 5. The number of halogens is 2. The maximum Gasteiger partial charge on any atom is 0.199 e. The van der Waals surface area contributed by atoms with E-state index in [9.17, 15) is 13.2 Å². The molecule has 0 radical (unpaired) electrons. The molecule has 3 aromatic rings. The van der Waals surface area contributed by atoms with Crippen LogP contribution in [0, 0.1) is 0 Å². The van der Waals surface area contributed by atoms with E-state index < -0.39 is 21.4 Å². The molecule has 6 nitrogen and oxygen atoms in total. The molecule has 0 N–H and O–H groups in total. The second kappa shape index (κ2) is 7.72. The van der Waals surface area contributed by atoms with Gasteiger partial charge in [0.2, 0.25) is 0 Å². The highest BCUT2D eigenvalue weighted by molar-refractivity contribution is 7.92. The van der Waals surface area contributed by atoms with Crippen LogP contribution in [0.1, 0.15) is 10.5 Å². The van der Waals surface area contributed by atoms with Crippen molar-refractivity contribution >= 4 is 38.8 Å². The van der Waals surface area contributed by atoms with Crippen LogP contribution in [0.2, 0.25) is 10.2 Å². The summed E-state index contributed by atoms with van der Waals surface area (Å²) in [4.78, 5) is 16.5. The van der Waals surface area contributed by atoms with Gasteiger partial charge in [0.1, 0.15) is 28.7 Å². The molecule has 0 saturated heterocycles. The minimum atomic E-state index is -3.87. The molecule has 0 atom stereocenters. The molecule has 27 heavy (non-hydrogen) atoms. The largest absolute Gasteiger partial charge is 0.497 e. The number of imidazole rings is 1. The number of rotatable bonds is 6. The van der Waals surface area contributed by atoms with E-state index in [0.717, 1.165) is 0 Å². The Hall–Kier alpha value is -2.35. The molecule has 0 aliphatic rings. The van der Waals surface area contributed by atoms with Gasteiger partial charge in [0.15, 0.2) is 15.6 Å². The van der Waals surface area contributed by atoms with Crippen molar-refractivity contribution in [3.63, 3.8) is 0 Å². The lowest BCUT2D eigenvalue weighted by atomic mass is 10.3. The maximum absolute atomic E-state index is 12.5. The van der Waals surface area contributed by atoms with Crippen LogP contribution in [0.3, 0.4) is 0 Å². The van der Waals surface area contributed by atoms with Gasteiger partial charge >= 0.3 is 0 Å². The molecular formula is C18H14Cl2N2O4S. The van der Waals surface area contributed by atoms with Gasteiger partial charge in [-0.2, -0.15) is 0 Å². The molecule has 3 rings (SSSR count). The number of ether oxygens (including phenoxy) is 1. The number of carbonyl (C=O) groups is 1. The standard InChI is InChI=1S/C18H14Cl2N2O4S/c1-26-14-3-2-4-15(9-14)27(24,25)10-16(23)17-18(20)22(11-21-17)13-7-5-12(19)6-8-13/h2-9,11H,10H2,1H3. The van der Waals surface area contributed by atoms with Crippen molar-refractivity contribution in [2.45, 2.75) is 4.90 Å². The van der Waals surface area contributed by atoms with Gasteiger partial charge in [-0.15, -0.1) is 0 Å².